The minimum Gasteiger partial charge on any atom is -0.376 e. The zero-order valence-corrected chi connectivity index (χ0v) is 9.25. The van der Waals surface area contributed by atoms with Crippen LogP contribution in [0, 0.1) is 0 Å². The Hall–Kier alpha value is -0.120. The van der Waals surface area contributed by atoms with Gasteiger partial charge in [0, 0.05) is 6.04 Å². The largest absolute Gasteiger partial charge is 0.376 e. The molecule has 0 bridgehead atoms. The number of hydrogen-bond donors (Lipinski definition) is 1. The molecule has 0 radical (unpaired) electrons. The molecule has 80 valence electrons. The molecule has 2 N–H and O–H groups in total. The van der Waals surface area contributed by atoms with E-state index in [9.17, 15) is 0 Å². The Morgan fingerprint density at radius 3 is 2.00 bits per heavy atom. The number of nitrogens with two attached hydrogens (primary N) is 1. The van der Waals surface area contributed by atoms with Crippen LogP contribution in [-0.2, 0) is 9.47 Å². The Morgan fingerprint density at radius 2 is 1.54 bits per heavy atom. The summed E-state index contributed by atoms with van der Waals surface area (Å²) in [6.45, 7) is 9.40. The third-order valence-electron chi connectivity index (χ3n) is 1.64. The topological polar surface area (TPSA) is 44.5 Å². The van der Waals surface area contributed by atoms with Gasteiger partial charge in [0.15, 0.2) is 0 Å². The van der Waals surface area contributed by atoms with Crippen molar-refractivity contribution in [1.29, 1.82) is 0 Å². The molecule has 3 nitrogen and oxygen atoms in total. The van der Waals surface area contributed by atoms with Crippen LogP contribution >= 0.6 is 0 Å². The van der Waals surface area contributed by atoms with E-state index in [4.69, 9.17) is 15.2 Å². The van der Waals surface area contributed by atoms with Crippen LogP contribution in [0.25, 0.3) is 0 Å². The van der Waals surface area contributed by atoms with Crippen LogP contribution in [0.4, 0.5) is 0 Å². The van der Waals surface area contributed by atoms with Crippen LogP contribution in [-0.4, -0.2) is 31.5 Å². The van der Waals surface area contributed by atoms with Gasteiger partial charge < -0.3 is 15.2 Å². The minimum absolute atomic E-state index is 0.209. The molecule has 0 amide bonds. The number of hydrogen-bond acceptors (Lipinski definition) is 3. The van der Waals surface area contributed by atoms with Crippen molar-refractivity contribution in [1.82, 2.24) is 0 Å². The van der Waals surface area contributed by atoms with Gasteiger partial charge in [-0.1, -0.05) is 0 Å². The summed E-state index contributed by atoms with van der Waals surface area (Å²) < 4.78 is 10.8. The van der Waals surface area contributed by atoms with Crippen molar-refractivity contribution in [2.45, 2.75) is 52.4 Å². The lowest BCUT2D eigenvalue weighted by Gasteiger charge is -2.15. The highest BCUT2D eigenvalue weighted by atomic mass is 16.5. The molecule has 0 aromatic carbocycles. The first-order valence-electron chi connectivity index (χ1n) is 5.01. The van der Waals surface area contributed by atoms with Gasteiger partial charge in [-0.3, -0.25) is 0 Å². The summed E-state index contributed by atoms with van der Waals surface area (Å²) in [7, 11) is 0. The molecular formula is C10H23NO2. The molecule has 13 heavy (non-hydrogen) atoms. The average Bonchev–Trinajstić information content (AvgIpc) is 1.96. The first-order chi connectivity index (χ1) is 6.02. The third kappa shape index (κ3) is 9.80. The molecule has 0 aliphatic heterocycles. The van der Waals surface area contributed by atoms with Gasteiger partial charge in [0.1, 0.15) is 0 Å². The Morgan fingerprint density at radius 1 is 1.00 bits per heavy atom. The molecule has 0 saturated carbocycles. The summed E-state index contributed by atoms with van der Waals surface area (Å²) >= 11 is 0. The van der Waals surface area contributed by atoms with Crippen LogP contribution in [0.15, 0.2) is 0 Å². The maximum absolute atomic E-state index is 5.63. The summed E-state index contributed by atoms with van der Waals surface area (Å²) in [6.07, 6.45) is 1.42. The average molecular weight is 189 g/mol. The molecule has 2 unspecified atom stereocenters. The molecule has 0 aromatic heterocycles. The second-order valence-electron chi connectivity index (χ2n) is 3.81. The van der Waals surface area contributed by atoms with Crippen LogP contribution in [0.5, 0.6) is 0 Å². The Labute approximate surface area is 81.6 Å². The van der Waals surface area contributed by atoms with E-state index in [1.165, 1.54) is 0 Å². The molecule has 0 heterocycles. The Bertz CT molecular complexity index is 115. The standard InChI is InChI=1S/C10H23NO2/c1-8(2)12-5-6-13-10(4)7-9(3)11/h8-10H,5-7,11H2,1-4H3. The highest BCUT2D eigenvalue weighted by molar-refractivity contribution is 4.59. The molecule has 0 aliphatic carbocycles. The zero-order chi connectivity index (χ0) is 10.3. The molecule has 0 aromatic rings. The zero-order valence-electron chi connectivity index (χ0n) is 9.25. The number of rotatable bonds is 7. The molecular weight excluding hydrogens is 166 g/mol. The van der Waals surface area contributed by atoms with E-state index in [-0.39, 0.29) is 18.2 Å². The predicted octanol–water partition coefficient (Wildman–Crippen LogP) is 1.55. The Balaban J connectivity index is 3.22. The van der Waals surface area contributed by atoms with E-state index >= 15 is 0 Å². The summed E-state index contributed by atoms with van der Waals surface area (Å²) in [5.41, 5.74) is 5.63. The van der Waals surface area contributed by atoms with Gasteiger partial charge in [0.25, 0.3) is 0 Å². The molecule has 2 atom stereocenters. The molecule has 0 rings (SSSR count). The second-order valence-corrected chi connectivity index (χ2v) is 3.81. The predicted molar refractivity (Wildman–Crippen MR) is 54.8 cm³/mol. The van der Waals surface area contributed by atoms with Gasteiger partial charge in [-0.15, -0.1) is 0 Å². The summed E-state index contributed by atoms with van der Waals surface area (Å²) in [5, 5.41) is 0. The Kier molecular flexibility index (Phi) is 7.23. The fraction of sp³-hybridized carbons (Fsp3) is 1.00. The summed E-state index contributed by atoms with van der Waals surface area (Å²) in [6, 6.07) is 0.209. The molecule has 0 saturated heterocycles. The van der Waals surface area contributed by atoms with Crippen LogP contribution in [0.2, 0.25) is 0 Å². The van der Waals surface area contributed by atoms with Gasteiger partial charge >= 0.3 is 0 Å². The van der Waals surface area contributed by atoms with E-state index in [2.05, 4.69) is 0 Å². The van der Waals surface area contributed by atoms with Gasteiger partial charge in [-0.05, 0) is 34.1 Å². The molecule has 0 fully saturated rings. The second kappa shape index (κ2) is 7.30. The highest BCUT2D eigenvalue weighted by Gasteiger charge is 2.04. The van der Waals surface area contributed by atoms with Crippen molar-refractivity contribution in [3.63, 3.8) is 0 Å². The van der Waals surface area contributed by atoms with Gasteiger partial charge in [0.05, 0.1) is 25.4 Å². The lowest BCUT2D eigenvalue weighted by Crippen LogP contribution is -2.24. The highest BCUT2D eigenvalue weighted by Crippen LogP contribution is 2.00. The first-order valence-corrected chi connectivity index (χ1v) is 5.01. The van der Waals surface area contributed by atoms with Gasteiger partial charge in [0.2, 0.25) is 0 Å². The number of ether oxygens (including phenoxy) is 2. The maximum atomic E-state index is 5.63. The molecule has 3 heteroatoms. The quantitative estimate of drug-likeness (QED) is 0.618. The van der Waals surface area contributed by atoms with E-state index in [1.807, 2.05) is 27.7 Å². The lowest BCUT2D eigenvalue weighted by molar-refractivity contribution is -0.0102. The van der Waals surface area contributed by atoms with Crippen LogP contribution in [0.1, 0.15) is 34.1 Å². The van der Waals surface area contributed by atoms with Crippen LogP contribution in [0.3, 0.4) is 0 Å². The van der Waals surface area contributed by atoms with Crippen molar-refractivity contribution in [3.05, 3.63) is 0 Å². The fourth-order valence-electron chi connectivity index (χ4n) is 1.12. The van der Waals surface area contributed by atoms with E-state index < -0.39 is 0 Å². The maximum Gasteiger partial charge on any atom is 0.0704 e. The van der Waals surface area contributed by atoms with Gasteiger partial charge in [-0.2, -0.15) is 0 Å². The van der Waals surface area contributed by atoms with E-state index in [1.54, 1.807) is 0 Å². The SMILES string of the molecule is CC(N)CC(C)OCCOC(C)C. The van der Waals surface area contributed by atoms with E-state index in [0.29, 0.717) is 13.2 Å². The monoisotopic (exact) mass is 189 g/mol. The summed E-state index contributed by atoms with van der Waals surface area (Å²) in [4.78, 5) is 0. The van der Waals surface area contributed by atoms with Crippen molar-refractivity contribution in [3.8, 4) is 0 Å². The third-order valence-corrected chi connectivity index (χ3v) is 1.64. The minimum atomic E-state index is 0.209. The lowest BCUT2D eigenvalue weighted by atomic mass is 10.2. The normalized spacial score (nSPS) is 16.2. The van der Waals surface area contributed by atoms with Gasteiger partial charge in [-0.25, -0.2) is 0 Å². The molecule has 0 spiro atoms. The summed E-state index contributed by atoms with van der Waals surface area (Å²) in [5.74, 6) is 0. The van der Waals surface area contributed by atoms with Crippen LogP contribution < -0.4 is 5.73 Å². The van der Waals surface area contributed by atoms with Crippen molar-refractivity contribution < 1.29 is 9.47 Å². The first kappa shape index (κ1) is 12.9. The van der Waals surface area contributed by atoms with Crippen molar-refractivity contribution in [2.24, 2.45) is 5.73 Å². The smallest absolute Gasteiger partial charge is 0.0704 e. The van der Waals surface area contributed by atoms with E-state index in [0.717, 1.165) is 6.42 Å². The molecule has 0 aliphatic rings. The fourth-order valence-corrected chi connectivity index (χ4v) is 1.12. The van der Waals surface area contributed by atoms with Crippen molar-refractivity contribution in [2.75, 3.05) is 13.2 Å². The van der Waals surface area contributed by atoms with Crippen molar-refractivity contribution >= 4 is 0 Å².